The van der Waals surface area contributed by atoms with Crippen LogP contribution < -0.4 is 4.74 Å². The maximum absolute atomic E-state index is 12.4. The van der Waals surface area contributed by atoms with Crippen molar-refractivity contribution in [2.45, 2.75) is 19.4 Å². The van der Waals surface area contributed by atoms with E-state index in [1.54, 1.807) is 24.3 Å². The van der Waals surface area contributed by atoms with Gasteiger partial charge in [-0.2, -0.15) is 0 Å². The van der Waals surface area contributed by atoms with Gasteiger partial charge in [0.1, 0.15) is 12.4 Å². The van der Waals surface area contributed by atoms with Crippen molar-refractivity contribution < 1.29 is 14.3 Å². The van der Waals surface area contributed by atoms with Crippen LogP contribution in [0, 0.1) is 0 Å². The molecular formula is C24H20ClNO3. The van der Waals surface area contributed by atoms with Gasteiger partial charge in [-0.25, -0.2) is 0 Å². The first kappa shape index (κ1) is 19.2. The van der Waals surface area contributed by atoms with Gasteiger partial charge in [-0.3, -0.25) is 14.5 Å². The van der Waals surface area contributed by atoms with Crippen molar-refractivity contribution in [1.82, 2.24) is 4.90 Å². The lowest BCUT2D eigenvalue weighted by molar-refractivity contribution is 0.0652. The summed E-state index contributed by atoms with van der Waals surface area (Å²) in [7, 11) is 0. The summed E-state index contributed by atoms with van der Waals surface area (Å²) in [6.45, 7) is 0.873. The van der Waals surface area contributed by atoms with Crippen LogP contribution in [0.3, 0.4) is 0 Å². The number of nitrogens with zero attached hydrogens (tertiary/aromatic N) is 1. The third kappa shape index (κ3) is 4.33. The Labute approximate surface area is 174 Å². The van der Waals surface area contributed by atoms with Crippen LogP contribution in [-0.2, 0) is 13.0 Å². The number of carbonyl (C=O) groups is 2. The Hall–Kier alpha value is -3.11. The molecule has 0 saturated carbocycles. The average molecular weight is 406 g/mol. The topological polar surface area (TPSA) is 46.6 Å². The summed E-state index contributed by atoms with van der Waals surface area (Å²) < 4.78 is 5.87. The minimum Gasteiger partial charge on any atom is -0.489 e. The molecule has 0 radical (unpaired) electrons. The number of benzene rings is 3. The molecule has 1 aliphatic rings. The Balaban J connectivity index is 1.31. The van der Waals surface area contributed by atoms with Gasteiger partial charge in [0.2, 0.25) is 0 Å². The van der Waals surface area contributed by atoms with Crippen molar-refractivity contribution in [1.29, 1.82) is 0 Å². The van der Waals surface area contributed by atoms with Gasteiger partial charge in [0, 0.05) is 11.6 Å². The number of hydrogen-bond donors (Lipinski definition) is 0. The number of halogens is 1. The fraction of sp³-hybridized carbons (Fsp3) is 0.167. The molecule has 3 aromatic rings. The van der Waals surface area contributed by atoms with E-state index < -0.39 is 0 Å². The zero-order valence-corrected chi connectivity index (χ0v) is 16.6. The van der Waals surface area contributed by atoms with Crippen LogP contribution in [0.5, 0.6) is 5.75 Å². The van der Waals surface area contributed by atoms with Gasteiger partial charge in [0.15, 0.2) is 0 Å². The number of fused-ring (bicyclic) bond motifs is 1. The van der Waals surface area contributed by atoms with Gasteiger partial charge in [0.25, 0.3) is 11.8 Å². The molecule has 5 heteroatoms. The molecule has 4 nitrogen and oxygen atoms in total. The molecule has 4 rings (SSSR count). The predicted octanol–water partition coefficient (Wildman–Crippen LogP) is 5.15. The quantitative estimate of drug-likeness (QED) is 0.511. The minimum atomic E-state index is -0.203. The second-order valence-electron chi connectivity index (χ2n) is 6.97. The van der Waals surface area contributed by atoms with Crippen molar-refractivity contribution in [2.75, 3.05) is 6.54 Å². The van der Waals surface area contributed by atoms with E-state index in [4.69, 9.17) is 16.3 Å². The van der Waals surface area contributed by atoms with Crippen LogP contribution in [0.4, 0.5) is 0 Å². The summed E-state index contributed by atoms with van der Waals surface area (Å²) in [5.74, 6) is 0.384. The highest BCUT2D eigenvalue weighted by molar-refractivity contribution is 6.30. The van der Waals surface area contributed by atoms with E-state index in [0.717, 1.165) is 23.3 Å². The second kappa shape index (κ2) is 8.50. The summed E-state index contributed by atoms with van der Waals surface area (Å²) in [6, 6.07) is 22.4. The number of ether oxygens (including phenoxy) is 1. The summed E-state index contributed by atoms with van der Waals surface area (Å²) >= 11 is 5.90. The van der Waals surface area contributed by atoms with Crippen LogP contribution in [0.15, 0.2) is 72.8 Å². The molecule has 0 unspecified atom stereocenters. The van der Waals surface area contributed by atoms with Gasteiger partial charge >= 0.3 is 0 Å². The van der Waals surface area contributed by atoms with Crippen LogP contribution in [0.25, 0.3) is 0 Å². The Morgan fingerprint density at radius 3 is 2.17 bits per heavy atom. The lowest BCUT2D eigenvalue weighted by Gasteiger charge is -2.14. The molecule has 2 amide bonds. The molecule has 0 spiro atoms. The molecule has 29 heavy (non-hydrogen) atoms. The Morgan fingerprint density at radius 1 is 0.793 bits per heavy atom. The van der Waals surface area contributed by atoms with Crippen molar-refractivity contribution in [3.63, 3.8) is 0 Å². The largest absolute Gasteiger partial charge is 0.489 e. The van der Waals surface area contributed by atoms with Gasteiger partial charge in [-0.15, -0.1) is 0 Å². The molecule has 0 aromatic heterocycles. The smallest absolute Gasteiger partial charge is 0.261 e. The average Bonchev–Trinajstić information content (AvgIpc) is 2.99. The monoisotopic (exact) mass is 405 g/mol. The number of imide groups is 1. The standard InChI is InChI=1S/C24H20ClNO3/c25-19-12-10-18(11-13-19)16-29-20-7-3-5-17(15-20)6-4-14-26-23(27)21-8-1-2-9-22(21)24(26)28/h1-3,5,7-13,15H,4,6,14,16H2. The van der Waals surface area contributed by atoms with E-state index in [1.165, 1.54) is 4.90 Å². The normalized spacial score (nSPS) is 12.9. The van der Waals surface area contributed by atoms with Gasteiger partial charge in [-0.05, 0) is 60.4 Å². The molecule has 0 fully saturated rings. The molecule has 0 bridgehead atoms. The number of hydrogen-bond acceptors (Lipinski definition) is 3. The summed E-state index contributed by atoms with van der Waals surface area (Å²) in [5, 5.41) is 0.703. The Bertz CT molecular complexity index is 1010. The number of amides is 2. The zero-order valence-electron chi connectivity index (χ0n) is 15.8. The van der Waals surface area contributed by atoms with Crippen LogP contribution in [-0.4, -0.2) is 23.3 Å². The Kier molecular flexibility index (Phi) is 5.63. The molecule has 0 aliphatic carbocycles. The molecule has 1 heterocycles. The van der Waals surface area contributed by atoms with E-state index in [-0.39, 0.29) is 11.8 Å². The third-order valence-corrected chi connectivity index (χ3v) is 5.19. The Morgan fingerprint density at radius 2 is 1.48 bits per heavy atom. The van der Waals surface area contributed by atoms with Gasteiger partial charge in [-0.1, -0.05) is 48.0 Å². The highest BCUT2D eigenvalue weighted by atomic mass is 35.5. The minimum absolute atomic E-state index is 0.203. The molecule has 1 aliphatic heterocycles. The number of rotatable bonds is 7. The van der Waals surface area contributed by atoms with Crippen LogP contribution >= 0.6 is 11.6 Å². The molecule has 0 atom stereocenters. The third-order valence-electron chi connectivity index (χ3n) is 4.94. The zero-order chi connectivity index (χ0) is 20.2. The highest BCUT2D eigenvalue weighted by Gasteiger charge is 2.34. The fourth-order valence-electron chi connectivity index (χ4n) is 3.42. The molecule has 0 N–H and O–H groups in total. The molecule has 3 aromatic carbocycles. The van der Waals surface area contributed by atoms with E-state index >= 15 is 0 Å². The SMILES string of the molecule is O=C1c2ccccc2C(=O)N1CCCc1cccc(OCc2ccc(Cl)cc2)c1. The molecule has 0 saturated heterocycles. The summed E-state index contributed by atoms with van der Waals surface area (Å²) in [5.41, 5.74) is 3.14. The summed E-state index contributed by atoms with van der Waals surface area (Å²) in [6.07, 6.45) is 1.46. The van der Waals surface area contributed by atoms with E-state index in [2.05, 4.69) is 0 Å². The highest BCUT2D eigenvalue weighted by Crippen LogP contribution is 2.23. The molecule has 146 valence electrons. The van der Waals surface area contributed by atoms with E-state index in [9.17, 15) is 9.59 Å². The first-order chi connectivity index (χ1) is 14.1. The first-order valence-electron chi connectivity index (χ1n) is 9.53. The van der Waals surface area contributed by atoms with E-state index in [1.807, 2.05) is 48.5 Å². The van der Waals surface area contributed by atoms with Crippen LogP contribution in [0.2, 0.25) is 5.02 Å². The van der Waals surface area contributed by atoms with Crippen molar-refractivity contribution in [3.05, 3.63) is 100 Å². The van der Waals surface area contributed by atoms with Gasteiger partial charge in [0.05, 0.1) is 11.1 Å². The summed E-state index contributed by atoms with van der Waals surface area (Å²) in [4.78, 5) is 26.2. The van der Waals surface area contributed by atoms with E-state index in [0.29, 0.717) is 35.7 Å². The van der Waals surface area contributed by atoms with Crippen molar-refractivity contribution >= 4 is 23.4 Å². The number of carbonyl (C=O) groups excluding carboxylic acids is 2. The fourth-order valence-corrected chi connectivity index (χ4v) is 3.55. The van der Waals surface area contributed by atoms with Crippen molar-refractivity contribution in [2.24, 2.45) is 0 Å². The predicted molar refractivity (Wildman–Crippen MR) is 112 cm³/mol. The maximum atomic E-state index is 12.4. The lowest BCUT2D eigenvalue weighted by Crippen LogP contribution is -2.30. The first-order valence-corrected chi connectivity index (χ1v) is 9.91. The van der Waals surface area contributed by atoms with Crippen LogP contribution in [0.1, 0.15) is 38.3 Å². The second-order valence-corrected chi connectivity index (χ2v) is 7.41. The maximum Gasteiger partial charge on any atom is 0.261 e. The molecular weight excluding hydrogens is 386 g/mol. The van der Waals surface area contributed by atoms with Gasteiger partial charge < -0.3 is 4.74 Å². The van der Waals surface area contributed by atoms with Crippen molar-refractivity contribution in [3.8, 4) is 5.75 Å². The lowest BCUT2D eigenvalue weighted by atomic mass is 10.1. The number of aryl methyl sites for hydroxylation is 1.